The molecule has 2 rings (SSSR count). The van der Waals surface area contributed by atoms with E-state index in [-0.39, 0.29) is 17.5 Å². The van der Waals surface area contributed by atoms with Crippen LogP contribution in [0.1, 0.15) is 5.56 Å². The van der Waals surface area contributed by atoms with Crippen LogP contribution >= 0.6 is 0 Å². The molecule has 0 atom stereocenters. The van der Waals surface area contributed by atoms with E-state index in [4.69, 9.17) is 5.73 Å². The second-order valence-corrected chi connectivity index (χ2v) is 2.89. The molecule has 0 aliphatic rings. The maximum Gasteiger partial charge on any atom is 0.417 e. The van der Waals surface area contributed by atoms with Crippen molar-refractivity contribution in [3.8, 4) is 11.5 Å². The molecule has 0 aliphatic carbocycles. The van der Waals surface area contributed by atoms with Gasteiger partial charge in [-0.2, -0.15) is 18.2 Å². The van der Waals surface area contributed by atoms with Crippen molar-refractivity contribution >= 4 is 6.01 Å². The second kappa shape index (κ2) is 3.47. The standard InChI is InChI=1S/C8H5F3N4O/c9-8(10,11)4-1-2-5(13-3-4)6-14-7(12)16-15-6/h1-3H,(H2,12,14,15). The van der Waals surface area contributed by atoms with Gasteiger partial charge in [0.1, 0.15) is 5.69 Å². The molecule has 2 heterocycles. The van der Waals surface area contributed by atoms with Gasteiger partial charge in [-0.3, -0.25) is 4.98 Å². The van der Waals surface area contributed by atoms with E-state index in [1.54, 1.807) is 0 Å². The molecule has 0 aromatic carbocycles. The van der Waals surface area contributed by atoms with E-state index in [0.717, 1.165) is 12.1 Å². The van der Waals surface area contributed by atoms with Gasteiger partial charge in [0, 0.05) is 6.20 Å². The van der Waals surface area contributed by atoms with Crippen molar-refractivity contribution < 1.29 is 17.7 Å². The molecule has 2 aromatic rings. The summed E-state index contributed by atoms with van der Waals surface area (Å²) in [5.74, 6) is 0.0474. The van der Waals surface area contributed by atoms with Gasteiger partial charge in [0.2, 0.25) is 5.82 Å². The zero-order chi connectivity index (χ0) is 11.8. The van der Waals surface area contributed by atoms with Gasteiger partial charge in [-0.25, -0.2) is 0 Å². The molecule has 16 heavy (non-hydrogen) atoms. The fraction of sp³-hybridized carbons (Fsp3) is 0.125. The first-order valence-corrected chi connectivity index (χ1v) is 4.09. The highest BCUT2D eigenvalue weighted by Gasteiger charge is 2.30. The molecule has 8 heteroatoms. The van der Waals surface area contributed by atoms with Crippen LogP contribution in [0.15, 0.2) is 22.9 Å². The highest BCUT2D eigenvalue weighted by molar-refractivity contribution is 5.49. The van der Waals surface area contributed by atoms with Crippen LogP contribution in [0.4, 0.5) is 19.2 Å². The SMILES string of the molecule is Nc1nc(-c2ccc(C(F)(F)F)cn2)no1. The Balaban J connectivity index is 2.33. The van der Waals surface area contributed by atoms with Crippen molar-refractivity contribution in [1.82, 2.24) is 15.1 Å². The van der Waals surface area contributed by atoms with Crippen molar-refractivity contribution in [2.45, 2.75) is 6.18 Å². The molecule has 0 bridgehead atoms. The van der Waals surface area contributed by atoms with Crippen LogP contribution < -0.4 is 5.73 Å². The molecule has 2 aromatic heterocycles. The number of pyridine rings is 1. The number of hydrogen-bond acceptors (Lipinski definition) is 5. The van der Waals surface area contributed by atoms with Crippen LogP contribution in [0, 0.1) is 0 Å². The first kappa shape index (κ1) is 10.4. The van der Waals surface area contributed by atoms with Gasteiger partial charge in [0.05, 0.1) is 5.56 Å². The third kappa shape index (κ3) is 1.95. The molecule has 2 N–H and O–H groups in total. The lowest BCUT2D eigenvalue weighted by Crippen LogP contribution is -2.05. The molecular formula is C8H5F3N4O. The number of nitrogens with zero attached hydrogens (tertiary/aromatic N) is 3. The Morgan fingerprint density at radius 2 is 2.00 bits per heavy atom. The number of halogens is 3. The van der Waals surface area contributed by atoms with Crippen molar-refractivity contribution in [3.05, 3.63) is 23.9 Å². The van der Waals surface area contributed by atoms with Gasteiger partial charge >= 0.3 is 12.2 Å². The van der Waals surface area contributed by atoms with Gasteiger partial charge < -0.3 is 10.3 Å². The van der Waals surface area contributed by atoms with Gasteiger partial charge in [0.25, 0.3) is 0 Å². The lowest BCUT2D eigenvalue weighted by Gasteiger charge is -2.05. The van der Waals surface area contributed by atoms with E-state index < -0.39 is 11.7 Å². The summed E-state index contributed by atoms with van der Waals surface area (Å²) < 4.78 is 41.1. The zero-order valence-corrected chi connectivity index (χ0v) is 7.69. The predicted molar refractivity (Wildman–Crippen MR) is 46.9 cm³/mol. The minimum atomic E-state index is -4.41. The van der Waals surface area contributed by atoms with Gasteiger partial charge in [-0.15, -0.1) is 0 Å². The molecule has 0 saturated heterocycles. The van der Waals surface area contributed by atoms with E-state index in [1.807, 2.05) is 0 Å². The monoisotopic (exact) mass is 230 g/mol. The maximum absolute atomic E-state index is 12.2. The summed E-state index contributed by atoms with van der Waals surface area (Å²) in [4.78, 5) is 7.20. The number of alkyl halides is 3. The first-order chi connectivity index (χ1) is 7.47. The summed E-state index contributed by atoms with van der Waals surface area (Å²) >= 11 is 0. The van der Waals surface area contributed by atoms with Crippen LogP contribution in [0.3, 0.4) is 0 Å². The zero-order valence-electron chi connectivity index (χ0n) is 7.69. The molecule has 0 spiro atoms. The van der Waals surface area contributed by atoms with E-state index >= 15 is 0 Å². The fourth-order valence-corrected chi connectivity index (χ4v) is 1.03. The molecule has 5 nitrogen and oxygen atoms in total. The summed E-state index contributed by atoms with van der Waals surface area (Å²) in [7, 11) is 0. The van der Waals surface area contributed by atoms with E-state index in [1.165, 1.54) is 0 Å². The summed E-state index contributed by atoms with van der Waals surface area (Å²) in [5.41, 5.74) is 4.49. The molecule has 0 aliphatic heterocycles. The molecule has 84 valence electrons. The molecule has 0 amide bonds. The highest BCUT2D eigenvalue weighted by atomic mass is 19.4. The Kier molecular flexibility index (Phi) is 2.26. The molecule has 0 saturated carbocycles. The van der Waals surface area contributed by atoms with Gasteiger partial charge in [-0.1, -0.05) is 5.16 Å². The normalized spacial score (nSPS) is 11.7. The van der Waals surface area contributed by atoms with E-state index in [9.17, 15) is 13.2 Å². The lowest BCUT2D eigenvalue weighted by atomic mass is 10.2. The van der Waals surface area contributed by atoms with Gasteiger partial charge in [-0.05, 0) is 12.1 Å². The third-order valence-corrected chi connectivity index (χ3v) is 1.76. The number of nitrogen functional groups attached to an aromatic ring is 1. The number of aromatic nitrogens is 3. The summed E-state index contributed by atoms with van der Waals surface area (Å²) in [6, 6.07) is 1.86. The Labute approximate surface area is 87.1 Å². The quantitative estimate of drug-likeness (QED) is 0.807. The van der Waals surface area contributed by atoms with E-state index in [2.05, 4.69) is 19.6 Å². The van der Waals surface area contributed by atoms with Crippen molar-refractivity contribution in [1.29, 1.82) is 0 Å². The average Bonchev–Trinajstić information content (AvgIpc) is 2.64. The topological polar surface area (TPSA) is 77.8 Å². The van der Waals surface area contributed by atoms with E-state index in [0.29, 0.717) is 6.20 Å². The number of rotatable bonds is 1. The van der Waals surface area contributed by atoms with Crippen LogP contribution in [0.5, 0.6) is 0 Å². The van der Waals surface area contributed by atoms with Crippen molar-refractivity contribution in [2.24, 2.45) is 0 Å². The largest absolute Gasteiger partial charge is 0.417 e. The Bertz CT molecular complexity index is 491. The van der Waals surface area contributed by atoms with Gasteiger partial charge in [0.15, 0.2) is 0 Å². The number of anilines is 1. The van der Waals surface area contributed by atoms with Crippen LogP contribution in [0.25, 0.3) is 11.5 Å². The second-order valence-electron chi connectivity index (χ2n) is 2.89. The Morgan fingerprint density at radius 3 is 2.44 bits per heavy atom. The van der Waals surface area contributed by atoms with Crippen LogP contribution in [0.2, 0.25) is 0 Å². The molecule has 0 radical (unpaired) electrons. The van der Waals surface area contributed by atoms with Crippen molar-refractivity contribution in [2.75, 3.05) is 5.73 Å². The fourth-order valence-electron chi connectivity index (χ4n) is 1.03. The summed E-state index contributed by atoms with van der Waals surface area (Å²) in [6.45, 7) is 0. The number of nitrogens with two attached hydrogens (primary N) is 1. The molecule has 0 fully saturated rings. The van der Waals surface area contributed by atoms with Crippen LogP contribution in [-0.2, 0) is 6.18 Å². The number of hydrogen-bond donors (Lipinski definition) is 1. The molecule has 0 unspecified atom stereocenters. The minimum Gasteiger partial charge on any atom is -0.351 e. The lowest BCUT2D eigenvalue weighted by molar-refractivity contribution is -0.137. The maximum atomic E-state index is 12.2. The summed E-state index contributed by atoms with van der Waals surface area (Å²) in [5, 5.41) is 3.42. The summed E-state index contributed by atoms with van der Waals surface area (Å²) in [6.07, 6.45) is -3.72. The average molecular weight is 230 g/mol. The first-order valence-electron chi connectivity index (χ1n) is 4.09. The smallest absolute Gasteiger partial charge is 0.351 e. The van der Waals surface area contributed by atoms with Crippen molar-refractivity contribution in [3.63, 3.8) is 0 Å². The predicted octanol–water partition coefficient (Wildman–Crippen LogP) is 1.73. The Morgan fingerprint density at radius 1 is 1.25 bits per heavy atom. The van der Waals surface area contributed by atoms with Crippen LogP contribution in [-0.4, -0.2) is 15.1 Å². The Hall–Kier alpha value is -2.12. The third-order valence-electron chi connectivity index (χ3n) is 1.76. The minimum absolute atomic E-state index is 0.0474. The molecular weight excluding hydrogens is 225 g/mol. The highest BCUT2D eigenvalue weighted by Crippen LogP contribution is 2.29.